The highest BCUT2D eigenvalue weighted by Crippen LogP contribution is 2.52. The van der Waals surface area contributed by atoms with Crippen LogP contribution in [0.15, 0.2) is 24.5 Å². The maximum Gasteiger partial charge on any atom is 0.226 e. The van der Waals surface area contributed by atoms with Crippen LogP contribution in [-0.4, -0.2) is 60.4 Å². The summed E-state index contributed by atoms with van der Waals surface area (Å²) in [5, 5.41) is 0. The quantitative estimate of drug-likeness (QED) is 0.823. The second kappa shape index (κ2) is 6.34. The molecule has 134 valence electrons. The number of carbonyl (C=O) groups excluding carboxylic acids is 1. The van der Waals surface area contributed by atoms with Crippen molar-refractivity contribution in [1.82, 2.24) is 9.88 Å². The van der Waals surface area contributed by atoms with Gasteiger partial charge in [0.1, 0.15) is 6.10 Å². The van der Waals surface area contributed by atoms with Crippen molar-refractivity contribution in [2.75, 3.05) is 26.4 Å². The van der Waals surface area contributed by atoms with E-state index in [1.807, 2.05) is 18.3 Å². The monoisotopic (exact) mass is 344 g/mol. The molecule has 5 rings (SSSR count). The predicted octanol–water partition coefficient (Wildman–Crippen LogP) is 1.25. The Morgan fingerprint density at radius 2 is 2.20 bits per heavy atom. The van der Waals surface area contributed by atoms with E-state index in [0.29, 0.717) is 37.5 Å². The third-order valence-corrected chi connectivity index (χ3v) is 6.24. The van der Waals surface area contributed by atoms with Gasteiger partial charge in [-0.3, -0.25) is 9.78 Å². The molecule has 3 heterocycles. The van der Waals surface area contributed by atoms with Crippen LogP contribution >= 0.6 is 0 Å². The highest BCUT2D eigenvalue weighted by atomic mass is 16.5. The summed E-state index contributed by atoms with van der Waals surface area (Å²) in [6, 6.07) is 4.07. The molecule has 6 heteroatoms. The molecule has 0 aromatic carbocycles. The smallest absolute Gasteiger partial charge is 0.226 e. The van der Waals surface area contributed by atoms with Crippen molar-refractivity contribution < 1.29 is 19.0 Å². The first-order valence-corrected chi connectivity index (χ1v) is 9.33. The molecule has 2 saturated heterocycles. The van der Waals surface area contributed by atoms with Crippen molar-refractivity contribution in [2.24, 2.45) is 17.8 Å². The summed E-state index contributed by atoms with van der Waals surface area (Å²) in [6.07, 6.45) is 5.58. The Morgan fingerprint density at radius 3 is 3.00 bits per heavy atom. The fourth-order valence-corrected chi connectivity index (χ4v) is 4.86. The topological polar surface area (TPSA) is 60.9 Å². The lowest BCUT2D eigenvalue weighted by Gasteiger charge is -2.32. The second-order valence-corrected chi connectivity index (χ2v) is 7.61. The van der Waals surface area contributed by atoms with Crippen molar-refractivity contribution in [3.63, 3.8) is 0 Å². The molecule has 4 fully saturated rings. The first-order valence-electron chi connectivity index (χ1n) is 9.33. The Labute approximate surface area is 147 Å². The van der Waals surface area contributed by atoms with Crippen LogP contribution in [0.5, 0.6) is 0 Å². The number of aromatic nitrogens is 1. The number of hydrogen-bond acceptors (Lipinski definition) is 5. The normalized spacial score (nSPS) is 39.1. The fraction of sp³-hybridized carbons (Fsp3) is 0.684. The van der Waals surface area contributed by atoms with Gasteiger partial charge in [0, 0.05) is 24.9 Å². The Bertz CT molecular complexity index is 630. The lowest BCUT2D eigenvalue weighted by atomic mass is 10.1. The van der Waals surface area contributed by atoms with Crippen LogP contribution < -0.4 is 0 Å². The van der Waals surface area contributed by atoms with E-state index in [-0.39, 0.29) is 24.2 Å². The minimum Gasteiger partial charge on any atom is -0.381 e. The average molecular weight is 344 g/mol. The molecule has 0 N–H and O–H groups in total. The zero-order chi connectivity index (χ0) is 16.8. The van der Waals surface area contributed by atoms with Crippen LogP contribution in [0.4, 0.5) is 0 Å². The van der Waals surface area contributed by atoms with E-state index in [0.717, 1.165) is 31.6 Å². The molecular formula is C19H24N2O4. The van der Waals surface area contributed by atoms with Gasteiger partial charge in [-0.1, -0.05) is 6.07 Å². The minimum atomic E-state index is -0.0403. The van der Waals surface area contributed by atoms with Gasteiger partial charge in [0.15, 0.2) is 0 Å². The van der Waals surface area contributed by atoms with Crippen LogP contribution in [0.3, 0.4) is 0 Å². The van der Waals surface area contributed by atoms with E-state index in [2.05, 4.69) is 9.88 Å². The summed E-state index contributed by atoms with van der Waals surface area (Å²) < 4.78 is 17.7. The summed E-state index contributed by atoms with van der Waals surface area (Å²) in [5.74, 6) is 1.36. The Morgan fingerprint density at radius 1 is 1.32 bits per heavy atom. The average Bonchev–Trinajstić information content (AvgIpc) is 2.95. The van der Waals surface area contributed by atoms with Crippen LogP contribution in [0.2, 0.25) is 0 Å². The van der Waals surface area contributed by atoms with E-state index in [1.165, 1.54) is 0 Å². The van der Waals surface area contributed by atoms with Gasteiger partial charge >= 0.3 is 0 Å². The molecule has 4 aliphatic rings. The molecule has 6 nitrogen and oxygen atoms in total. The highest BCUT2D eigenvalue weighted by molar-refractivity contribution is 5.83. The van der Waals surface area contributed by atoms with E-state index in [9.17, 15) is 4.79 Å². The molecule has 6 atom stereocenters. The molecule has 2 saturated carbocycles. The zero-order valence-electron chi connectivity index (χ0n) is 14.3. The van der Waals surface area contributed by atoms with Crippen LogP contribution in [0, 0.1) is 17.8 Å². The maximum atomic E-state index is 13.1. The first kappa shape index (κ1) is 15.7. The van der Waals surface area contributed by atoms with E-state index in [4.69, 9.17) is 14.2 Å². The van der Waals surface area contributed by atoms with Crippen LogP contribution in [-0.2, 0) is 25.6 Å². The van der Waals surface area contributed by atoms with Gasteiger partial charge in [-0.2, -0.15) is 0 Å². The maximum absolute atomic E-state index is 13.1. The number of ether oxygens (including phenoxy) is 3. The third kappa shape index (κ3) is 2.76. The number of rotatable bonds is 4. The molecule has 0 spiro atoms. The number of carbonyl (C=O) groups is 1. The Balaban J connectivity index is 1.29. The molecule has 1 amide bonds. The van der Waals surface area contributed by atoms with Gasteiger partial charge in [0.25, 0.3) is 0 Å². The van der Waals surface area contributed by atoms with Gasteiger partial charge in [0.05, 0.1) is 38.6 Å². The van der Waals surface area contributed by atoms with Gasteiger partial charge in [0.2, 0.25) is 5.91 Å². The molecule has 25 heavy (non-hydrogen) atoms. The van der Waals surface area contributed by atoms with Crippen molar-refractivity contribution >= 4 is 5.91 Å². The number of fused-ring (bicyclic) bond motifs is 3. The third-order valence-electron chi connectivity index (χ3n) is 6.24. The molecule has 2 aliphatic carbocycles. The van der Waals surface area contributed by atoms with Crippen LogP contribution in [0.1, 0.15) is 18.4 Å². The summed E-state index contributed by atoms with van der Waals surface area (Å²) >= 11 is 0. The van der Waals surface area contributed by atoms with Crippen LogP contribution in [0.25, 0.3) is 0 Å². The lowest BCUT2D eigenvalue weighted by molar-refractivity contribution is -0.139. The number of pyridine rings is 1. The molecule has 1 aromatic heterocycles. The number of nitrogens with zero attached hydrogens (tertiary/aromatic N) is 2. The fourth-order valence-electron chi connectivity index (χ4n) is 4.86. The van der Waals surface area contributed by atoms with Crippen molar-refractivity contribution in [3.8, 4) is 0 Å². The van der Waals surface area contributed by atoms with Gasteiger partial charge in [-0.25, -0.2) is 0 Å². The van der Waals surface area contributed by atoms with Crippen molar-refractivity contribution in [1.29, 1.82) is 0 Å². The molecule has 1 unspecified atom stereocenters. The predicted molar refractivity (Wildman–Crippen MR) is 88.6 cm³/mol. The van der Waals surface area contributed by atoms with Crippen molar-refractivity contribution in [2.45, 2.75) is 37.7 Å². The highest BCUT2D eigenvalue weighted by Gasteiger charge is 2.60. The Hall–Kier alpha value is -1.50. The number of hydrogen-bond donors (Lipinski definition) is 0. The lowest BCUT2D eigenvalue weighted by Crippen LogP contribution is -2.47. The van der Waals surface area contributed by atoms with Crippen molar-refractivity contribution in [3.05, 3.63) is 30.1 Å². The Kier molecular flexibility index (Phi) is 3.99. The first-order chi connectivity index (χ1) is 12.3. The van der Waals surface area contributed by atoms with E-state index >= 15 is 0 Å². The number of amides is 1. The van der Waals surface area contributed by atoms with E-state index < -0.39 is 0 Å². The molecular weight excluding hydrogens is 320 g/mol. The van der Waals surface area contributed by atoms with Gasteiger partial charge in [-0.15, -0.1) is 0 Å². The summed E-state index contributed by atoms with van der Waals surface area (Å²) in [6.45, 7) is 3.31. The molecule has 0 radical (unpaired) electrons. The summed E-state index contributed by atoms with van der Waals surface area (Å²) in [5.41, 5.74) is 1.05. The zero-order valence-corrected chi connectivity index (χ0v) is 14.3. The summed E-state index contributed by atoms with van der Waals surface area (Å²) in [7, 11) is 0. The van der Waals surface area contributed by atoms with Gasteiger partial charge < -0.3 is 19.1 Å². The molecule has 1 aromatic rings. The molecule has 2 bridgehead atoms. The standard InChI is InChI=1S/C19H24N2O4/c22-19(17-13-10-23-11-14(13)17)21-6-7-24-16-4-3-15(21)18(16)25-9-12-2-1-5-20-8-12/h1-2,5,8,13-18H,3-4,6-7,9-11H2/t13-,14+,15-,16-,17?,18-/m0/s1. The minimum absolute atomic E-state index is 0.0403. The second-order valence-electron chi connectivity index (χ2n) is 7.61. The summed E-state index contributed by atoms with van der Waals surface area (Å²) in [4.78, 5) is 19.3. The SMILES string of the molecule is O=C(C1[C@H]2COC[C@@H]12)N1CCO[C@H]2CC[C@H]1[C@@H]2OCc1cccnc1. The van der Waals surface area contributed by atoms with Gasteiger partial charge in [-0.05, 0) is 36.3 Å². The largest absolute Gasteiger partial charge is 0.381 e. The molecule has 2 aliphatic heterocycles. The van der Waals surface area contributed by atoms with E-state index in [1.54, 1.807) is 6.20 Å².